The third-order valence-electron chi connectivity index (χ3n) is 3.83. The number of rotatable bonds is 2. The molecule has 2 aliphatic rings. The van der Waals surface area contributed by atoms with E-state index in [-0.39, 0.29) is 0 Å². The highest BCUT2D eigenvalue weighted by atomic mass is 16.5. The molecule has 21 heavy (non-hydrogen) atoms. The molecule has 3 rings (SSSR count). The van der Waals surface area contributed by atoms with Gasteiger partial charge in [-0.2, -0.15) is 0 Å². The van der Waals surface area contributed by atoms with Gasteiger partial charge in [0, 0.05) is 39.3 Å². The van der Waals surface area contributed by atoms with E-state index in [1.807, 2.05) is 12.4 Å². The zero-order valence-electron chi connectivity index (χ0n) is 11.8. The van der Waals surface area contributed by atoms with Gasteiger partial charge < -0.3 is 24.5 Å². The standard InChI is InChI=1S/C13H19N5O3/c19-13(20)18-3-1-16(2-4-18)11-9-14-12(15-10-11)17-5-7-21-8-6-17/h9-10H,1-8H2,(H,19,20). The van der Waals surface area contributed by atoms with Crippen molar-refractivity contribution in [2.24, 2.45) is 0 Å². The van der Waals surface area contributed by atoms with Crippen molar-refractivity contribution in [2.45, 2.75) is 0 Å². The number of carboxylic acid groups (broad SMARTS) is 1. The minimum Gasteiger partial charge on any atom is -0.465 e. The van der Waals surface area contributed by atoms with Crippen LogP contribution in [0.3, 0.4) is 0 Å². The Balaban J connectivity index is 1.61. The molecule has 2 aliphatic heterocycles. The Morgan fingerprint density at radius 1 is 1.00 bits per heavy atom. The maximum Gasteiger partial charge on any atom is 0.407 e. The van der Waals surface area contributed by atoms with Crippen molar-refractivity contribution < 1.29 is 14.6 Å². The normalized spacial score (nSPS) is 19.7. The number of carbonyl (C=O) groups is 1. The fourth-order valence-corrected chi connectivity index (χ4v) is 2.56. The predicted octanol–water partition coefficient (Wildman–Crippen LogP) is 0.113. The molecule has 0 radical (unpaired) electrons. The number of amides is 1. The fraction of sp³-hybridized carbons (Fsp3) is 0.615. The lowest BCUT2D eigenvalue weighted by Crippen LogP contribution is -2.48. The minimum absolute atomic E-state index is 0.514. The Labute approximate surface area is 122 Å². The molecule has 0 saturated carbocycles. The molecule has 0 bridgehead atoms. The van der Waals surface area contributed by atoms with Crippen molar-refractivity contribution in [2.75, 3.05) is 62.3 Å². The summed E-state index contributed by atoms with van der Waals surface area (Å²) in [6, 6.07) is 0. The number of hydrogen-bond acceptors (Lipinski definition) is 6. The topological polar surface area (TPSA) is 82.0 Å². The van der Waals surface area contributed by atoms with Crippen LogP contribution in [0.25, 0.3) is 0 Å². The summed E-state index contributed by atoms with van der Waals surface area (Å²) in [6.07, 6.45) is 2.77. The van der Waals surface area contributed by atoms with Crippen LogP contribution in [0.4, 0.5) is 16.4 Å². The summed E-state index contributed by atoms with van der Waals surface area (Å²) >= 11 is 0. The second-order valence-electron chi connectivity index (χ2n) is 5.10. The molecule has 1 amide bonds. The van der Waals surface area contributed by atoms with Gasteiger partial charge in [0.25, 0.3) is 0 Å². The SMILES string of the molecule is O=C(O)N1CCN(c2cnc(N3CCOCC3)nc2)CC1. The first-order valence-electron chi connectivity index (χ1n) is 7.11. The molecule has 0 atom stereocenters. The summed E-state index contributed by atoms with van der Waals surface area (Å²) in [7, 11) is 0. The summed E-state index contributed by atoms with van der Waals surface area (Å²) in [5, 5.41) is 8.94. The number of ether oxygens (including phenoxy) is 1. The number of anilines is 2. The molecule has 0 aliphatic carbocycles. The van der Waals surface area contributed by atoms with Gasteiger partial charge >= 0.3 is 6.09 Å². The highest BCUT2D eigenvalue weighted by molar-refractivity contribution is 5.65. The molecular formula is C13H19N5O3. The number of aromatic nitrogens is 2. The molecule has 8 nitrogen and oxygen atoms in total. The van der Waals surface area contributed by atoms with Crippen molar-refractivity contribution in [3.05, 3.63) is 12.4 Å². The van der Waals surface area contributed by atoms with Crippen molar-refractivity contribution in [3.8, 4) is 0 Å². The molecule has 8 heteroatoms. The number of piperazine rings is 1. The first-order chi connectivity index (χ1) is 10.2. The average Bonchev–Trinajstić information content (AvgIpc) is 2.56. The van der Waals surface area contributed by atoms with E-state index in [1.165, 1.54) is 4.90 Å². The van der Waals surface area contributed by atoms with Crippen molar-refractivity contribution in [1.82, 2.24) is 14.9 Å². The Morgan fingerprint density at radius 3 is 2.19 bits per heavy atom. The van der Waals surface area contributed by atoms with Crippen LogP contribution in [0, 0.1) is 0 Å². The van der Waals surface area contributed by atoms with Gasteiger partial charge in [-0.15, -0.1) is 0 Å². The molecule has 2 saturated heterocycles. The van der Waals surface area contributed by atoms with Gasteiger partial charge in [0.2, 0.25) is 5.95 Å². The van der Waals surface area contributed by atoms with Gasteiger partial charge in [-0.1, -0.05) is 0 Å². The number of nitrogens with zero attached hydrogens (tertiary/aromatic N) is 5. The van der Waals surface area contributed by atoms with Gasteiger partial charge in [-0.05, 0) is 0 Å². The fourth-order valence-electron chi connectivity index (χ4n) is 2.56. The van der Waals surface area contributed by atoms with Gasteiger partial charge in [-0.3, -0.25) is 0 Å². The Bertz CT molecular complexity index is 481. The molecule has 0 unspecified atom stereocenters. The number of hydrogen-bond donors (Lipinski definition) is 1. The quantitative estimate of drug-likeness (QED) is 0.829. The van der Waals surface area contributed by atoms with Crippen molar-refractivity contribution >= 4 is 17.7 Å². The van der Waals surface area contributed by atoms with E-state index in [0.29, 0.717) is 39.4 Å². The summed E-state index contributed by atoms with van der Waals surface area (Å²) in [5.41, 5.74) is 0.942. The predicted molar refractivity (Wildman–Crippen MR) is 76.9 cm³/mol. The Hall–Kier alpha value is -2.09. The lowest BCUT2D eigenvalue weighted by Gasteiger charge is -2.34. The lowest BCUT2D eigenvalue weighted by atomic mass is 10.3. The van der Waals surface area contributed by atoms with E-state index >= 15 is 0 Å². The van der Waals surface area contributed by atoms with Crippen LogP contribution < -0.4 is 9.80 Å². The van der Waals surface area contributed by atoms with Gasteiger partial charge in [0.05, 0.1) is 31.3 Å². The first kappa shape index (κ1) is 13.9. The van der Waals surface area contributed by atoms with E-state index < -0.39 is 6.09 Å². The molecule has 114 valence electrons. The van der Waals surface area contributed by atoms with Crippen LogP contribution in [0.15, 0.2) is 12.4 Å². The van der Waals surface area contributed by atoms with Gasteiger partial charge in [0.1, 0.15) is 0 Å². The largest absolute Gasteiger partial charge is 0.465 e. The van der Waals surface area contributed by atoms with E-state index in [2.05, 4.69) is 19.8 Å². The average molecular weight is 293 g/mol. The Morgan fingerprint density at radius 2 is 1.62 bits per heavy atom. The smallest absolute Gasteiger partial charge is 0.407 e. The number of morpholine rings is 1. The highest BCUT2D eigenvalue weighted by Crippen LogP contribution is 2.17. The summed E-state index contributed by atoms with van der Waals surface area (Å²) in [6.45, 7) is 5.43. The highest BCUT2D eigenvalue weighted by Gasteiger charge is 2.21. The molecule has 3 heterocycles. The maximum absolute atomic E-state index is 10.9. The molecule has 0 aromatic carbocycles. The van der Waals surface area contributed by atoms with Crippen LogP contribution >= 0.6 is 0 Å². The second-order valence-corrected chi connectivity index (χ2v) is 5.10. The van der Waals surface area contributed by atoms with E-state index in [9.17, 15) is 4.79 Å². The third kappa shape index (κ3) is 3.15. The van der Waals surface area contributed by atoms with Crippen LogP contribution in [-0.4, -0.2) is 78.5 Å². The zero-order valence-corrected chi connectivity index (χ0v) is 11.8. The maximum atomic E-state index is 10.9. The van der Waals surface area contributed by atoms with Crippen LogP contribution in [0.2, 0.25) is 0 Å². The van der Waals surface area contributed by atoms with Gasteiger partial charge in [0.15, 0.2) is 0 Å². The van der Waals surface area contributed by atoms with Crippen molar-refractivity contribution in [3.63, 3.8) is 0 Å². The molecule has 2 fully saturated rings. The molecule has 1 N–H and O–H groups in total. The summed E-state index contributed by atoms with van der Waals surface area (Å²) < 4.78 is 5.31. The van der Waals surface area contributed by atoms with E-state index in [0.717, 1.165) is 24.7 Å². The van der Waals surface area contributed by atoms with Gasteiger partial charge in [-0.25, -0.2) is 14.8 Å². The molecule has 1 aromatic heterocycles. The van der Waals surface area contributed by atoms with E-state index in [4.69, 9.17) is 9.84 Å². The monoisotopic (exact) mass is 293 g/mol. The molecular weight excluding hydrogens is 274 g/mol. The summed E-state index contributed by atoms with van der Waals surface area (Å²) in [5.74, 6) is 0.728. The van der Waals surface area contributed by atoms with Crippen molar-refractivity contribution in [1.29, 1.82) is 0 Å². The lowest BCUT2D eigenvalue weighted by molar-refractivity contribution is 0.122. The summed E-state index contributed by atoms with van der Waals surface area (Å²) in [4.78, 5) is 25.4. The van der Waals surface area contributed by atoms with Crippen LogP contribution in [0.5, 0.6) is 0 Å². The molecule has 1 aromatic rings. The third-order valence-corrected chi connectivity index (χ3v) is 3.83. The second kappa shape index (κ2) is 6.13. The Kier molecular flexibility index (Phi) is 4.05. The van der Waals surface area contributed by atoms with E-state index in [1.54, 1.807) is 0 Å². The first-order valence-corrected chi connectivity index (χ1v) is 7.11. The van der Waals surface area contributed by atoms with Crippen LogP contribution in [0.1, 0.15) is 0 Å². The van der Waals surface area contributed by atoms with Crippen LogP contribution in [-0.2, 0) is 4.74 Å². The molecule has 0 spiro atoms. The zero-order chi connectivity index (χ0) is 14.7. The minimum atomic E-state index is -0.853.